The zero-order valence-corrected chi connectivity index (χ0v) is 11.5. The van der Waals surface area contributed by atoms with E-state index in [0.29, 0.717) is 6.42 Å². The second kappa shape index (κ2) is 7.66. The van der Waals surface area contributed by atoms with E-state index in [1.165, 1.54) is 0 Å². The summed E-state index contributed by atoms with van der Waals surface area (Å²) in [7, 11) is 0. The molecular weight excluding hydrogens is 202 g/mol. The molecular formula is C13H27NO2. The third-order valence-corrected chi connectivity index (χ3v) is 2.13. The Bertz CT molecular complexity index is 191. The van der Waals surface area contributed by atoms with Crippen LogP contribution in [-0.2, 0) is 9.53 Å². The van der Waals surface area contributed by atoms with Gasteiger partial charge in [0, 0.05) is 6.54 Å². The summed E-state index contributed by atoms with van der Waals surface area (Å²) in [6, 6.07) is 0. The number of carbonyl (C=O) groups excluding carboxylic acids is 1. The number of hydrogen-bond donors (Lipinski definition) is 0. The molecule has 0 heterocycles. The Morgan fingerprint density at radius 1 is 1.06 bits per heavy atom. The minimum absolute atomic E-state index is 0.0929. The van der Waals surface area contributed by atoms with Crippen LogP contribution in [0.3, 0.4) is 0 Å². The highest BCUT2D eigenvalue weighted by Gasteiger charge is 2.16. The Hall–Kier alpha value is -0.570. The van der Waals surface area contributed by atoms with Crippen LogP contribution in [0.25, 0.3) is 0 Å². The van der Waals surface area contributed by atoms with E-state index in [4.69, 9.17) is 4.74 Å². The summed E-state index contributed by atoms with van der Waals surface area (Å²) in [6.45, 7) is 13.0. The van der Waals surface area contributed by atoms with Gasteiger partial charge < -0.3 is 9.64 Å². The lowest BCUT2D eigenvalue weighted by Crippen LogP contribution is -2.30. The van der Waals surface area contributed by atoms with Gasteiger partial charge in [-0.1, -0.05) is 13.8 Å². The fourth-order valence-corrected chi connectivity index (χ4v) is 1.61. The minimum Gasteiger partial charge on any atom is -0.460 e. The fraction of sp³-hybridized carbons (Fsp3) is 0.923. The molecule has 3 nitrogen and oxygen atoms in total. The maximum absolute atomic E-state index is 11.5. The molecule has 0 bridgehead atoms. The zero-order valence-electron chi connectivity index (χ0n) is 11.5. The van der Waals surface area contributed by atoms with Crippen LogP contribution in [-0.4, -0.2) is 36.1 Å². The summed E-state index contributed by atoms with van der Waals surface area (Å²) in [5, 5.41) is 0. The molecule has 0 rings (SSSR count). The lowest BCUT2D eigenvalue weighted by molar-refractivity contribution is -0.155. The van der Waals surface area contributed by atoms with Crippen molar-refractivity contribution in [1.82, 2.24) is 4.90 Å². The molecule has 0 saturated heterocycles. The average molecular weight is 229 g/mol. The van der Waals surface area contributed by atoms with Gasteiger partial charge in [-0.2, -0.15) is 0 Å². The largest absolute Gasteiger partial charge is 0.460 e. The molecule has 0 fully saturated rings. The van der Waals surface area contributed by atoms with E-state index in [2.05, 4.69) is 18.7 Å². The standard InChI is InChI=1S/C13H27NO2/c1-6-9-14(10-7-2)11-8-12(15)16-13(3,4)5/h6-11H2,1-5H3. The maximum atomic E-state index is 11.5. The quantitative estimate of drug-likeness (QED) is 0.629. The van der Waals surface area contributed by atoms with Crippen molar-refractivity contribution in [2.75, 3.05) is 19.6 Å². The molecule has 0 aromatic heterocycles. The van der Waals surface area contributed by atoms with E-state index in [1.807, 2.05) is 20.8 Å². The first-order valence-corrected chi connectivity index (χ1v) is 6.33. The first-order valence-electron chi connectivity index (χ1n) is 6.33. The van der Waals surface area contributed by atoms with Crippen molar-refractivity contribution in [3.05, 3.63) is 0 Å². The van der Waals surface area contributed by atoms with Gasteiger partial charge in [0.05, 0.1) is 6.42 Å². The SMILES string of the molecule is CCCN(CCC)CCC(=O)OC(C)(C)C. The first-order chi connectivity index (χ1) is 7.39. The molecule has 96 valence electrons. The van der Waals surface area contributed by atoms with Crippen molar-refractivity contribution in [3.63, 3.8) is 0 Å². The van der Waals surface area contributed by atoms with Crippen LogP contribution in [0.15, 0.2) is 0 Å². The van der Waals surface area contributed by atoms with Crippen LogP contribution in [0.1, 0.15) is 53.9 Å². The molecule has 0 radical (unpaired) electrons. The van der Waals surface area contributed by atoms with E-state index in [0.717, 1.165) is 32.5 Å². The lowest BCUT2D eigenvalue weighted by Gasteiger charge is -2.23. The normalized spacial score (nSPS) is 11.9. The van der Waals surface area contributed by atoms with Gasteiger partial charge >= 0.3 is 5.97 Å². The van der Waals surface area contributed by atoms with Crippen LogP contribution in [0.5, 0.6) is 0 Å². The molecule has 0 spiro atoms. The van der Waals surface area contributed by atoms with Crippen LogP contribution in [0.4, 0.5) is 0 Å². The van der Waals surface area contributed by atoms with Crippen molar-refractivity contribution in [2.45, 2.75) is 59.5 Å². The maximum Gasteiger partial charge on any atom is 0.307 e. The Kier molecular flexibility index (Phi) is 7.39. The van der Waals surface area contributed by atoms with Crippen LogP contribution < -0.4 is 0 Å². The van der Waals surface area contributed by atoms with Crippen molar-refractivity contribution in [3.8, 4) is 0 Å². The third-order valence-electron chi connectivity index (χ3n) is 2.13. The third kappa shape index (κ3) is 8.72. The predicted molar refractivity (Wildman–Crippen MR) is 67.5 cm³/mol. The molecule has 0 aliphatic carbocycles. The highest BCUT2D eigenvalue weighted by molar-refractivity contribution is 5.70. The van der Waals surface area contributed by atoms with Crippen LogP contribution in [0, 0.1) is 0 Å². The van der Waals surface area contributed by atoms with Crippen molar-refractivity contribution in [1.29, 1.82) is 0 Å². The van der Waals surface area contributed by atoms with Crippen LogP contribution >= 0.6 is 0 Å². The van der Waals surface area contributed by atoms with E-state index in [-0.39, 0.29) is 11.6 Å². The Morgan fingerprint density at radius 2 is 1.56 bits per heavy atom. The molecule has 0 saturated carbocycles. The molecule has 3 heteroatoms. The van der Waals surface area contributed by atoms with Gasteiger partial charge in [0.15, 0.2) is 0 Å². The van der Waals surface area contributed by atoms with Gasteiger partial charge in [0.25, 0.3) is 0 Å². The number of ether oxygens (including phenoxy) is 1. The molecule has 0 aromatic carbocycles. The van der Waals surface area contributed by atoms with Gasteiger partial charge in [-0.05, 0) is 46.7 Å². The summed E-state index contributed by atoms with van der Waals surface area (Å²) in [6.07, 6.45) is 2.76. The molecule has 0 atom stereocenters. The summed E-state index contributed by atoms with van der Waals surface area (Å²) < 4.78 is 5.28. The van der Waals surface area contributed by atoms with Crippen molar-refractivity contribution in [2.24, 2.45) is 0 Å². The molecule has 0 aliphatic heterocycles. The highest BCUT2D eigenvalue weighted by Crippen LogP contribution is 2.08. The van der Waals surface area contributed by atoms with E-state index in [1.54, 1.807) is 0 Å². The number of carbonyl (C=O) groups is 1. The zero-order chi connectivity index (χ0) is 12.6. The van der Waals surface area contributed by atoms with E-state index < -0.39 is 0 Å². The van der Waals surface area contributed by atoms with Crippen molar-refractivity contribution >= 4 is 5.97 Å². The summed E-state index contributed by atoms with van der Waals surface area (Å²) >= 11 is 0. The van der Waals surface area contributed by atoms with Crippen LogP contribution in [0.2, 0.25) is 0 Å². The second-order valence-corrected chi connectivity index (χ2v) is 5.18. The van der Waals surface area contributed by atoms with Crippen molar-refractivity contribution < 1.29 is 9.53 Å². The predicted octanol–water partition coefficient (Wildman–Crippen LogP) is 2.84. The topological polar surface area (TPSA) is 29.5 Å². The van der Waals surface area contributed by atoms with E-state index in [9.17, 15) is 4.79 Å². The molecule has 0 aromatic rings. The number of esters is 1. The molecule has 0 N–H and O–H groups in total. The molecule has 0 unspecified atom stereocenters. The molecule has 0 amide bonds. The minimum atomic E-state index is -0.364. The monoisotopic (exact) mass is 229 g/mol. The smallest absolute Gasteiger partial charge is 0.307 e. The Morgan fingerprint density at radius 3 is 1.94 bits per heavy atom. The summed E-state index contributed by atoms with van der Waals surface area (Å²) in [5.74, 6) is -0.0929. The molecule has 0 aliphatic rings. The van der Waals surface area contributed by atoms with E-state index >= 15 is 0 Å². The fourth-order valence-electron chi connectivity index (χ4n) is 1.61. The van der Waals surface area contributed by atoms with Gasteiger partial charge in [0.1, 0.15) is 5.60 Å². The summed E-state index contributed by atoms with van der Waals surface area (Å²) in [4.78, 5) is 13.8. The number of nitrogens with zero attached hydrogens (tertiary/aromatic N) is 1. The lowest BCUT2D eigenvalue weighted by atomic mass is 10.2. The number of hydrogen-bond acceptors (Lipinski definition) is 3. The average Bonchev–Trinajstić information content (AvgIpc) is 2.12. The van der Waals surface area contributed by atoms with Gasteiger partial charge in [-0.3, -0.25) is 4.79 Å². The summed E-state index contributed by atoms with van der Waals surface area (Å²) in [5.41, 5.74) is -0.364. The Labute approximate surface area is 100 Å². The van der Waals surface area contributed by atoms with Gasteiger partial charge in [-0.15, -0.1) is 0 Å². The first kappa shape index (κ1) is 15.4. The van der Waals surface area contributed by atoms with Gasteiger partial charge in [-0.25, -0.2) is 0 Å². The second-order valence-electron chi connectivity index (χ2n) is 5.18. The number of rotatable bonds is 7. The highest BCUT2D eigenvalue weighted by atomic mass is 16.6. The Balaban J connectivity index is 3.86. The van der Waals surface area contributed by atoms with Gasteiger partial charge in [0.2, 0.25) is 0 Å². The molecule has 16 heavy (non-hydrogen) atoms.